The van der Waals surface area contributed by atoms with E-state index in [0.29, 0.717) is 23.8 Å². The topological polar surface area (TPSA) is 98.8 Å². The van der Waals surface area contributed by atoms with Crippen LogP contribution < -0.4 is 15.5 Å². The van der Waals surface area contributed by atoms with Crippen molar-refractivity contribution < 1.29 is 19.2 Å². The molecule has 8 nitrogen and oxygen atoms in total. The van der Waals surface area contributed by atoms with E-state index < -0.39 is 18.0 Å². The van der Waals surface area contributed by atoms with E-state index in [-0.39, 0.29) is 31.2 Å². The first-order valence-corrected chi connectivity index (χ1v) is 8.27. The third-order valence-corrected chi connectivity index (χ3v) is 4.54. The minimum absolute atomic E-state index is 0.0344. The van der Waals surface area contributed by atoms with E-state index in [1.165, 1.54) is 4.90 Å². The lowest BCUT2D eigenvalue weighted by Gasteiger charge is -2.34. The van der Waals surface area contributed by atoms with Crippen molar-refractivity contribution in [1.82, 2.24) is 15.5 Å². The summed E-state index contributed by atoms with van der Waals surface area (Å²) in [5.74, 6) is -0.863. The highest BCUT2D eigenvalue weighted by Gasteiger charge is 2.32. The van der Waals surface area contributed by atoms with Gasteiger partial charge >= 0.3 is 6.03 Å². The number of hydrogen-bond acceptors (Lipinski definition) is 4. The van der Waals surface area contributed by atoms with Gasteiger partial charge in [0.05, 0.1) is 10.7 Å². The molecule has 0 aromatic heterocycles. The molecule has 1 aromatic rings. The van der Waals surface area contributed by atoms with Crippen LogP contribution in [0.3, 0.4) is 0 Å². The molecule has 2 aliphatic heterocycles. The summed E-state index contributed by atoms with van der Waals surface area (Å²) < 4.78 is 0. The number of hydrogen-bond donors (Lipinski definition) is 2. The summed E-state index contributed by atoms with van der Waals surface area (Å²) in [5, 5.41) is 5.05. The second-order valence-electron chi connectivity index (χ2n) is 5.87. The van der Waals surface area contributed by atoms with E-state index in [0.717, 1.165) is 0 Å². The van der Waals surface area contributed by atoms with Crippen molar-refractivity contribution >= 4 is 41.0 Å². The highest BCUT2D eigenvalue weighted by molar-refractivity contribution is 6.33. The molecule has 2 heterocycles. The van der Waals surface area contributed by atoms with Gasteiger partial charge in [-0.25, -0.2) is 4.79 Å². The number of nitrogens with one attached hydrogen (secondary N) is 2. The second kappa shape index (κ2) is 7.10. The first kappa shape index (κ1) is 17.2. The largest absolute Gasteiger partial charge is 0.332 e. The van der Waals surface area contributed by atoms with Gasteiger partial charge < -0.3 is 15.1 Å². The highest BCUT2D eigenvalue weighted by atomic mass is 35.5. The van der Waals surface area contributed by atoms with Gasteiger partial charge in [-0.2, -0.15) is 0 Å². The molecule has 1 aromatic carbocycles. The Kier molecular flexibility index (Phi) is 4.89. The molecule has 0 radical (unpaired) electrons. The Morgan fingerprint density at radius 3 is 2.60 bits per heavy atom. The number of nitrogens with zero attached hydrogens (tertiary/aromatic N) is 2. The van der Waals surface area contributed by atoms with Gasteiger partial charge in [-0.05, 0) is 18.6 Å². The van der Waals surface area contributed by atoms with Crippen molar-refractivity contribution in [3.05, 3.63) is 29.3 Å². The van der Waals surface area contributed by atoms with Crippen LogP contribution in [0, 0.1) is 0 Å². The quantitative estimate of drug-likeness (QED) is 0.760. The van der Waals surface area contributed by atoms with Crippen molar-refractivity contribution in [3.63, 3.8) is 0 Å². The fourth-order valence-corrected chi connectivity index (χ4v) is 3.14. The lowest BCUT2D eigenvalue weighted by atomic mass is 10.1. The van der Waals surface area contributed by atoms with Gasteiger partial charge in [0.25, 0.3) is 5.91 Å². The Balaban J connectivity index is 1.55. The first-order valence-electron chi connectivity index (χ1n) is 7.90. The van der Waals surface area contributed by atoms with Crippen LogP contribution in [-0.2, 0) is 14.4 Å². The molecule has 2 fully saturated rings. The summed E-state index contributed by atoms with van der Waals surface area (Å²) in [4.78, 5) is 50.2. The summed E-state index contributed by atoms with van der Waals surface area (Å²) in [7, 11) is 0. The monoisotopic (exact) mass is 364 g/mol. The fraction of sp³-hybridized carbons (Fsp3) is 0.375. The van der Waals surface area contributed by atoms with E-state index >= 15 is 0 Å². The number of carbonyl (C=O) groups is 4. The predicted molar refractivity (Wildman–Crippen MR) is 90.1 cm³/mol. The Hall–Kier alpha value is -2.61. The standard InChI is InChI=1S/C16H17ClN4O4/c17-10-3-1-2-4-12(10)21-8-7-20(9-14(21)23)13(22)6-5-11-15(24)19-16(25)18-11/h1-4,11H,5-9H2,(H2,18,19,24,25)/t11-/m1/s1. The van der Waals surface area contributed by atoms with Crippen molar-refractivity contribution in [2.75, 3.05) is 24.5 Å². The number of anilines is 1. The molecule has 2 aliphatic rings. The van der Waals surface area contributed by atoms with Gasteiger partial charge in [-0.15, -0.1) is 0 Å². The van der Waals surface area contributed by atoms with E-state index in [1.54, 1.807) is 29.2 Å². The van der Waals surface area contributed by atoms with E-state index in [1.807, 2.05) is 0 Å². The molecule has 2 N–H and O–H groups in total. The van der Waals surface area contributed by atoms with Crippen LogP contribution in [0.4, 0.5) is 10.5 Å². The zero-order chi connectivity index (χ0) is 18.0. The maximum Gasteiger partial charge on any atom is 0.322 e. The first-order chi connectivity index (χ1) is 12.0. The zero-order valence-electron chi connectivity index (χ0n) is 13.3. The van der Waals surface area contributed by atoms with Crippen LogP contribution in [0.5, 0.6) is 0 Å². The Morgan fingerprint density at radius 1 is 1.20 bits per heavy atom. The van der Waals surface area contributed by atoms with Gasteiger partial charge in [-0.3, -0.25) is 19.7 Å². The SMILES string of the molecule is O=C1NC(=O)[C@@H](CCC(=O)N2CCN(c3ccccc3Cl)C(=O)C2)N1. The van der Waals surface area contributed by atoms with Crippen LogP contribution in [0.1, 0.15) is 12.8 Å². The molecule has 2 saturated heterocycles. The molecule has 0 bridgehead atoms. The van der Waals surface area contributed by atoms with Gasteiger partial charge in [0, 0.05) is 19.5 Å². The molecule has 0 unspecified atom stereocenters. The van der Waals surface area contributed by atoms with Crippen LogP contribution in [-0.4, -0.2) is 54.3 Å². The van der Waals surface area contributed by atoms with Crippen LogP contribution in [0.15, 0.2) is 24.3 Å². The van der Waals surface area contributed by atoms with Crippen LogP contribution in [0.25, 0.3) is 0 Å². The summed E-state index contributed by atoms with van der Waals surface area (Å²) in [6.45, 7) is 0.710. The number of halogens is 1. The van der Waals surface area contributed by atoms with Crippen molar-refractivity contribution in [3.8, 4) is 0 Å². The number of carbonyl (C=O) groups excluding carboxylic acids is 4. The Labute approximate surface area is 149 Å². The van der Waals surface area contributed by atoms with Crippen LogP contribution in [0.2, 0.25) is 5.02 Å². The Bertz CT molecular complexity index is 739. The van der Waals surface area contributed by atoms with Gasteiger partial charge in [0.2, 0.25) is 11.8 Å². The molecule has 132 valence electrons. The van der Waals surface area contributed by atoms with Gasteiger partial charge in [0.15, 0.2) is 0 Å². The third-order valence-electron chi connectivity index (χ3n) is 4.22. The van der Waals surface area contributed by atoms with Crippen LogP contribution >= 0.6 is 11.6 Å². The van der Waals surface area contributed by atoms with Crippen molar-refractivity contribution in [2.24, 2.45) is 0 Å². The molecule has 0 spiro atoms. The van der Waals surface area contributed by atoms with Crippen molar-refractivity contribution in [2.45, 2.75) is 18.9 Å². The minimum atomic E-state index is -0.698. The number of benzene rings is 1. The number of urea groups is 1. The molecule has 5 amide bonds. The molecular weight excluding hydrogens is 348 g/mol. The number of piperazine rings is 1. The maximum atomic E-state index is 12.4. The summed E-state index contributed by atoms with van der Waals surface area (Å²) in [5.41, 5.74) is 0.631. The summed E-state index contributed by atoms with van der Waals surface area (Å²) in [6.07, 6.45) is 0.285. The molecule has 1 atom stereocenters. The smallest absolute Gasteiger partial charge is 0.322 e. The molecule has 9 heteroatoms. The maximum absolute atomic E-state index is 12.4. The number of rotatable bonds is 4. The second-order valence-corrected chi connectivity index (χ2v) is 6.27. The van der Waals surface area contributed by atoms with Gasteiger partial charge in [0.1, 0.15) is 12.6 Å². The Morgan fingerprint density at radius 2 is 1.96 bits per heavy atom. The third kappa shape index (κ3) is 3.74. The molecule has 25 heavy (non-hydrogen) atoms. The molecule has 0 aliphatic carbocycles. The average Bonchev–Trinajstić information content (AvgIpc) is 2.91. The number of para-hydroxylation sites is 1. The molecular formula is C16H17ClN4O4. The molecule has 3 rings (SSSR count). The summed E-state index contributed by atoms with van der Waals surface area (Å²) in [6, 6.07) is 5.81. The predicted octanol–water partition coefficient (Wildman–Crippen LogP) is 0.503. The number of amides is 5. The van der Waals surface area contributed by atoms with E-state index in [4.69, 9.17) is 11.6 Å². The lowest BCUT2D eigenvalue weighted by molar-refractivity contribution is -0.137. The fourth-order valence-electron chi connectivity index (χ4n) is 2.90. The van der Waals surface area contributed by atoms with Gasteiger partial charge in [-0.1, -0.05) is 23.7 Å². The van der Waals surface area contributed by atoms with E-state index in [2.05, 4.69) is 10.6 Å². The highest BCUT2D eigenvalue weighted by Crippen LogP contribution is 2.26. The molecule has 0 saturated carbocycles. The number of imide groups is 1. The van der Waals surface area contributed by atoms with Crippen molar-refractivity contribution in [1.29, 1.82) is 0 Å². The lowest BCUT2D eigenvalue weighted by Crippen LogP contribution is -2.52. The van der Waals surface area contributed by atoms with E-state index in [9.17, 15) is 19.2 Å². The zero-order valence-corrected chi connectivity index (χ0v) is 14.1. The normalized spacial score (nSPS) is 20.5. The average molecular weight is 365 g/mol. The minimum Gasteiger partial charge on any atom is -0.332 e. The summed E-state index contributed by atoms with van der Waals surface area (Å²) >= 11 is 6.12.